The zero-order chi connectivity index (χ0) is 17.9. The number of piperidine rings is 1. The van der Waals surface area contributed by atoms with Crippen LogP contribution in [0.3, 0.4) is 0 Å². The molecule has 0 aliphatic carbocycles. The number of likely N-dealkylation sites (tertiary alicyclic amines) is 1. The highest BCUT2D eigenvalue weighted by atomic mass is 35.5. The van der Waals surface area contributed by atoms with Gasteiger partial charge >= 0.3 is 0 Å². The summed E-state index contributed by atoms with van der Waals surface area (Å²) < 4.78 is 6.19. The lowest BCUT2D eigenvalue weighted by Gasteiger charge is -2.31. The maximum Gasteiger partial charge on any atom is 0.223 e. The van der Waals surface area contributed by atoms with E-state index in [1.165, 1.54) is 38.9 Å². The van der Waals surface area contributed by atoms with Crippen molar-refractivity contribution in [3.63, 3.8) is 0 Å². The Balaban J connectivity index is 1.57. The topological polar surface area (TPSA) is 38.2 Å². The molecule has 1 saturated heterocycles. The summed E-state index contributed by atoms with van der Waals surface area (Å²) >= 11 is 6.19. The van der Waals surface area contributed by atoms with Crippen LogP contribution in [0.15, 0.2) is 36.5 Å². The van der Waals surface area contributed by atoms with E-state index in [-0.39, 0.29) is 0 Å². The molecule has 1 aliphatic heterocycles. The fourth-order valence-electron chi connectivity index (χ4n) is 3.76. The van der Waals surface area contributed by atoms with Gasteiger partial charge in [0.15, 0.2) is 0 Å². The van der Waals surface area contributed by atoms with E-state index in [0.29, 0.717) is 23.4 Å². The molecule has 26 heavy (non-hydrogen) atoms. The molecule has 0 radical (unpaired) electrons. The van der Waals surface area contributed by atoms with Gasteiger partial charge < -0.3 is 9.64 Å². The molecule has 0 unspecified atom stereocenters. The molecule has 1 aromatic carbocycles. The van der Waals surface area contributed by atoms with E-state index in [9.17, 15) is 0 Å². The van der Waals surface area contributed by atoms with Crippen molar-refractivity contribution in [3.05, 3.63) is 41.6 Å². The number of fused-ring (bicyclic) bond motifs is 3. The summed E-state index contributed by atoms with van der Waals surface area (Å²) in [6.45, 7) is 6.48. The van der Waals surface area contributed by atoms with Crippen molar-refractivity contribution in [2.75, 3.05) is 26.2 Å². The number of halogens is 1. The van der Waals surface area contributed by atoms with Crippen LogP contribution in [0.5, 0.6) is 5.88 Å². The standard InChI is InChI=1S/C21H24ClN3O/c1-2-9-25-10-7-15(8-11-25)14-26-21-18-12-16(22)13-23-20(18)17-5-3-4-6-19(17)24-21/h3-6,12-13,15H,2,7-11,14H2,1H3. The average molecular weight is 370 g/mol. The van der Waals surface area contributed by atoms with Crippen LogP contribution < -0.4 is 4.74 Å². The summed E-state index contributed by atoms with van der Waals surface area (Å²) in [6.07, 6.45) is 5.28. The molecule has 2 aromatic heterocycles. The van der Waals surface area contributed by atoms with Gasteiger partial charge in [-0.05, 0) is 56.9 Å². The second-order valence-corrected chi connectivity index (χ2v) is 7.52. The number of ether oxygens (including phenoxy) is 1. The third-order valence-corrected chi connectivity index (χ3v) is 5.38. The van der Waals surface area contributed by atoms with Crippen molar-refractivity contribution >= 4 is 33.4 Å². The van der Waals surface area contributed by atoms with Crippen molar-refractivity contribution in [1.82, 2.24) is 14.9 Å². The fraction of sp³-hybridized carbons (Fsp3) is 0.429. The lowest BCUT2D eigenvalue weighted by molar-refractivity contribution is 0.140. The molecule has 0 spiro atoms. The predicted molar refractivity (Wildman–Crippen MR) is 107 cm³/mol. The third kappa shape index (κ3) is 3.62. The molecule has 0 saturated carbocycles. The molecule has 136 valence electrons. The van der Waals surface area contributed by atoms with Crippen LogP contribution in [0.4, 0.5) is 0 Å². The van der Waals surface area contributed by atoms with Gasteiger partial charge in [-0.1, -0.05) is 36.7 Å². The number of hydrogen-bond donors (Lipinski definition) is 0. The minimum Gasteiger partial charge on any atom is -0.477 e. The maximum absolute atomic E-state index is 6.19. The Hall–Kier alpha value is -1.91. The molecule has 4 rings (SSSR count). The highest BCUT2D eigenvalue weighted by Crippen LogP contribution is 2.31. The molecular weight excluding hydrogens is 346 g/mol. The number of hydrogen-bond acceptors (Lipinski definition) is 4. The van der Waals surface area contributed by atoms with Gasteiger partial charge in [0, 0.05) is 11.6 Å². The number of benzene rings is 1. The Labute approximate surface area is 159 Å². The molecule has 5 heteroatoms. The number of rotatable bonds is 5. The van der Waals surface area contributed by atoms with Gasteiger partial charge in [-0.3, -0.25) is 4.98 Å². The van der Waals surface area contributed by atoms with Crippen LogP contribution in [0.2, 0.25) is 5.02 Å². The van der Waals surface area contributed by atoms with Gasteiger partial charge in [-0.25, -0.2) is 4.98 Å². The van der Waals surface area contributed by atoms with Gasteiger partial charge in [-0.15, -0.1) is 0 Å². The Morgan fingerprint density at radius 2 is 2.00 bits per heavy atom. The smallest absolute Gasteiger partial charge is 0.223 e. The third-order valence-electron chi connectivity index (χ3n) is 5.17. The number of aromatic nitrogens is 2. The zero-order valence-electron chi connectivity index (χ0n) is 15.1. The quantitative estimate of drug-likeness (QED) is 0.597. The second kappa shape index (κ2) is 7.77. The SMILES string of the molecule is CCCN1CCC(COc2nc3ccccc3c3ncc(Cl)cc23)CC1. The summed E-state index contributed by atoms with van der Waals surface area (Å²) in [7, 11) is 0. The van der Waals surface area contributed by atoms with E-state index >= 15 is 0 Å². The normalized spacial score (nSPS) is 16.4. The highest BCUT2D eigenvalue weighted by Gasteiger charge is 2.20. The van der Waals surface area contributed by atoms with E-state index in [2.05, 4.69) is 16.8 Å². The number of pyridine rings is 2. The van der Waals surface area contributed by atoms with Crippen molar-refractivity contribution in [3.8, 4) is 5.88 Å². The van der Waals surface area contributed by atoms with Crippen LogP contribution in [-0.2, 0) is 0 Å². The maximum atomic E-state index is 6.19. The first kappa shape index (κ1) is 17.5. The van der Waals surface area contributed by atoms with E-state index in [0.717, 1.165) is 21.8 Å². The molecule has 1 fully saturated rings. The second-order valence-electron chi connectivity index (χ2n) is 7.08. The summed E-state index contributed by atoms with van der Waals surface area (Å²) in [6, 6.07) is 9.94. The molecule has 0 bridgehead atoms. The number of nitrogens with zero attached hydrogens (tertiary/aromatic N) is 3. The van der Waals surface area contributed by atoms with Gasteiger partial charge in [0.2, 0.25) is 5.88 Å². The van der Waals surface area contributed by atoms with Gasteiger partial charge in [0.25, 0.3) is 0 Å². The molecule has 4 nitrogen and oxygen atoms in total. The van der Waals surface area contributed by atoms with E-state index in [1.807, 2.05) is 30.3 Å². The van der Waals surface area contributed by atoms with Crippen molar-refractivity contribution < 1.29 is 4.74 Å². The van der Waals surface area contributed by atoms with Gasteiger partial charge in [0.1, 0.15) is 0 Å². The van der Waals surface area contributed by atoms with Crippen LogP contribution in [-0.4, -0.2) is 41.1 Å². The number of para-hydroxylation sites is 1. The van der Waals surface area contributed by atoms with Crippen LogP contribution in [0.25, 0.3) is 21.8 Å². The highest BCUT2D eigenvalue weighted by molar-refractivity contribution is 6.31. The first-order valence-corrected chi connectivity index (χ1v) is 9.81. The summed E-state index contributed by atoms with van der Waals surface area (Å²) in [5, 5.41) is 2.52. The molecule has 0 atom stereocenters. The van der Waals surface area contributed by atoms with Gasteiger partial charge in [0.05, 0.1) is 28.0 Å². The minimum atomic E-state index is 0.582. The molecule has 1 aliphatic rings. The molecule has 0 N–H and O–H groups in total. The van der Waals surface area contributed by atoms with E-state index < -0.39 is 0 Å². The van der Waals surface area contributed by atoms with E-state index in [1.54, 1.807) is 6.20 Å². The van der Waals surface area contributed by atoms with Crippen molar-refractivity contribution in [2.24, 2.45) is 5.92 Å². The summed E-state index contributed by atoms with van der Waals surface area (Å²) in [4.78, 5) is 11.8. The van der Waals surface area contributed by atoms with Crippen molar-refractivity contribution in [1.29, 1.82) is 0 Å². The Kier molecular flexibility index (Phi) is 5.23. The monoisotopic (exact) mass is 369 g/mol. The first-order chi connectivity index (χ1) is 12.7. The summed E-state index contributed by atoms with van der Waals surface area (Å²) in [5.41, 5.74) is 1.80. The first-order valence-electron chi connectivity index (χ1n) is 9.43. The Morgan fingerprint density at radius 3 is 2.81 bits per heavy atom. The Bertz CT molecular complexity index is 906. The van der Waals surface area contributed by atoms with Gasteiger partial charge in [-0.2, -0.15) is 0 Å². The fourth-order valence-corrected chi connectivity index (χ4v) is 3.92. The zero-order valence-corrected chi connectivity index (χ0v) is 15.9. The van der Waals surface area contributed by atoms with Crippen LogP contribution in [0.1, 0.15) is 26.2 Å². The minimum absolute atomic E-state index is 0.582. The summed E-state index contributed by atoms with van der Waals surface area (Å²) in [5.74, 6) is 1.23. The lowest BCUT2D eigenvalue weighted by atomic mass is 9.98. The predicted octanol–water partition coefficient (Wildman–Crippen LogP) is 4.94. The van der Waals surface area contributed by atoms with Crippen molar-refractivity contribution in [2.45, 2.75) is 26.2 Å². The molecular formula is C21H24ClN3O. The van der Waals surface area contributed by atoms with Crippen LogP contribution >= 0.6 is 11.6 Å². The lowest BCUT2D eigenvalue weighted by Crippen LogP contribution is -2.35. The van der Waals surface area contributed by atoms with E-state index in [4.69, 9.17) is 21.3 Å². The largest absolute Gasteiger partial charge is 0.477 e. The molecule has 3 heterocycles. The Morgan fingerprint density at radius 1 is 1.19 bits per heavy atom. The van der Waals surface area contributed by atoms with Crippen LogP contribution in [0, 0.1) is 5.92 Å². The average Bonchev–Trinajstić information content (AvgIpc) is 2.67. The molecule has 3 aromatic rings. The molecule has 0 amide bonds.